The summed E-state index contributed by atoms with van der Waals surface area (Å²) < 4.78 is 0. The second kappa shape index (κ2) is 8.59. The number of rotatable bonds is 6. The first-order chi connectivity index (χ1) is 12.3. The van der Waals surface area contributed by atoms with Gasteiger partial charge in [-0.05, 0) is 35.7 Å². The van der Waals surface area contributed by atoms with E-state index in [4.69, 9.17) is 0 Å². The molecule has 3 rings (SSSR count). The first-order valence-corrected chi connectivity index (χ1v) is 8.23. The molecule has 2 amide bonds. The average molecular weight is 332 g/mol. The molecule has 0 atom stereocenters. The van der Waals surface area contributed by atoms with Crippen LogP contribution in [0.4, 0.5) is 4.79 Å². The predicted molar refractivity (Wildman–Crippen MR) is 97.9 cm³/mol. The number of amides is 2. The van der Waals surface area contributed by atoms with Crippen LogP contribution in [0, 0.1) is 0 Å². The van der Waals surface area contributed by atoms with Gasteiger partial charge >= 0.3 is 6.03 Å². The van der Waals surface area contributed by atoms with Crippen LogP contribution in [0.25, 0.3) is 11.3 Å². The van der Waals surface area contributed by atoms with Crippen LogP contribution in [-0.4, -0.2) is 22.5 Å². The Balaban J connectivity index is 1.52. The van der Waals surface area contributed by atoms with Gasteiger partial charge in [0.25, 0.3) is 0 Å². The van der Waals surface area contributed by atoms with Crippen LogP contribution in [0.2, 0.25) is 0 Å². The highest BCUT2D eigenvalue weighted by atomic mass is 16.2. The van der Waals surface area contributed by atoms with Gasteiger partial charge < -0.3 is 10.6 Å². The molecular formula is C20H20N4O. The number of pyridine rings is 2. The third kappa shape index (κ3) is 4.88. The molecule has 126 valence electrons. The summed E-state index contributed by atoms with van der Waals surface area (Å²) in [5, 5.41) is 5.77. The number of carbonyl (C=O) groups excluding carboxylic acids is 1. The lowest BCUT2D eigenvalue weighted by atomic mass is 10.1. The van der Waals surface area contributed by atoms with Gasteiger partial charge in [-0.2, -0.15) is 0 Å². The summed E-state index contributed by atoms with van der Waals surface area (Å²) in [5.74, 6) is 0. The fourth-order valence-electron chi connectivity index (χ4n) is 2.55. The molecule has 0 spiro atoms. The summed E-state index contributed by atoms with van der Waals surface area (Å²) >= 11 is 0. The second-order valence-corrected chi connectivity index (χ2v) is 5.59. The summed E-state index contributed by atoms with van der Waals surface area (Å²) in [6.07, 6.45) is 6.03. The zero-order valence-electron chi connectivity index (χ0n) is 13.9. The van der Waals surface area contributed by atoms with Crippen LogP contribution in [0.15, 0.2) is 73.2 Å². The molecule has 3 aromatic rings. The summed E-state index contributed by atoms with van der Waals surface area (Å²) in [4.78, 5) is 20.5. The van der Waals surface area contributed by atoms with Gasteiger partial charge in [0.2, 0.25) is 0 Å². The number of benzene rings is 1. The topological polar surface area (TPSA) is 66.9 Å². The van der Waals surface area contributed by atoms with Crippen LogP contribution in [-0.2, 0) is 13.0 Å². The molecule has 2 heterocycles. The molecule has 0 bridgehead atoms. The van der Waals surface area contributed by atoms with Crippen molar-refractivity contribution in [2.75, 3.05) is 6.54 Å². The van der Waals surface area contributed by atoms with E-state index in [1.165, 1.54) is 5.56 Å². The van der Waals surface area contributed by atoms with Crippen molar-refractivity contribution in [3.05, 3.63) is 84.3 Å². The summed E-state index contributed by atoms with van der Waals surface area (Å²) in [6, 6.07) is 17.6. The van der Waals surface area contributed by atoms with E-state index in [9.17, 15) is 4.79 Å². The van der Waals surface area contributed by atoms with Gasteiger partial charge in [-0.15, -0.1) is 0 Å². The van der Waals surface area contributed by atoms with Crippen molar-refractivity contribution >= 4 is 6.03 Å². The van der Waals surface area contributed by atoms with Crippen LogP contribution < -0.4 is 10.6 Å². The lowest BCUT2D eigenvalue weighted by Crippen LogP contribution is -2.36. The number of urea groups is 1. The van der Waals surface area contributed by atoms with E-state index in [-0.39, 0.29) is 6.03 Å². The lowest BCUT2D eigenvalue weighted by molar-refractivity contribution is 0.240. The molecule has 5 heteroatoms. The molecule has 1 aromatic carbocycles. The Kier molecular flexibility index (Phi) is 5.72. The smallest absolute Gasteiger partial charge is 0.315 e. The van der Waals surface area contributed by atoms with Crippen molar-refractivity contribution in [1.82, 2.24) is 20.6 Å². The number of nitrogens with one attached hydrogen (secondary N) is 2. The maximum absolute atomic E-state index is 12.0. The van der Waals surface area contributed by atoms with Crippen molar-refractivity contribution < 1.29 is 4.79 Å². The number of aromatic nitrogens is 2. The molecule has 0 saturated carbocycles. The summed E-state index contributed by atoms with van der Waals surface area (Å²) in [5.41, 5.74) is 4.01. The molecule has 0 aliphatic heterocycles. The van der Waals surface area contributed by atoms with Gasteiger partial charge in [-0.25, -0.2) is 4.79 Å². The normalized spacial score (nSPS) is 10.2. The minimum Gasteiger partial charge on any atom is -0.338 e. The zero-order chi connectivity index (χ0) is 17.3. The van der Waals surface area contributed by atoms with Crippen LogP contribution in [0.5, 0.6) is 0 Å². The van der Waals surface area contributed by atoms with Gasteiger partial charge in [0.05, 0.1) is 5.69 Å². The minimum atomic E-state index is -0.180. The fraction of sp³-hybridized carbons (Fsp3) is 0.150. The number of nitrogens with zero attached hydrogens (tertiary/aromatic N) is 2. The minimum absolute atomic E-state index is 0.180. The molecule has 0 radical (unpaired) electrons. The first-order valence-electron chi connectivity index (χ1n) is 8.23. The summed E-state index contributed by atoms with van der Waals surface area (Å²) in [7, 11) is 0. The number of hydrogen-bond acceptors (Lipinski definition) is 3. The second-order valence-electron chi connectivity index (χ2n) is 5.59. The quantitative estimate of drug-likeness (QED) is 0.728. The maximum Gasteiger partial charge on any atom is 0.315 e. The van der Waals surface area contributed by atoms with E-state index in [1.54, 1.807) is 18.6 Å². The summed E-state index contributed by atoms with van der Waals surface area (Å²) in [6.45, 7) is 1.02. The Bertz CT molecular complexity index is 806. The van der Waals surface area contributed by atoms with Crippen molar-refractivity contribution in [2.45, 2.75) is 13.0 Å². The SMILES string of the molecule is O=C(NCCc1ccccc1)NCc1cccnc1-c1ccncc1. The van der Waals surface area contributed by atoms with Crippen molar-refractivity contribution in [3.8, 4) is 11.3 Å². The standard InChI is InChI=1S/C20H20N4O/c25-20(23-14-8-16-5-2-1-3-6-16)24-15-18-7-4-11-22-19(18)17-9-12-21-13-10-17/h1-7,9-13H,8,14-15H2,(H2,23,24,25). The number of carbonyl (C=O) groups is 1. The highest BCUT2D eigenvalue weighted by Gasteiger charge is 2.07. The van der Waals surface area contributed by atoms with E-state index < -0.39 is 0 Å². The fourth-order valence-corrected chi connectivity index (χ4v) is 2.55. The molecule has 0 fully saturated rings. The third-order valence-electron chi connectivity index (χ3n) is 3.83. The van der Waals surface area contributed by atoms with Gasteiger partial charge in [0.15, 0.2) is 0 Å². The van der Waals surface area contributed by atoms with Crippen LogP contribution in [0.1, 0.15) is 11.1 Å². The van der Waals surface area contributed by atoms with E-state index in [1.807, 2.05) is 42.5 Å². The Hall–Kier alpha value is -3.21. The average Bonchev–Trinajstić information content (AvgIpc) is 2.68. The Morgan fingerprint density at radius 3 is 2.48 bits per heavy atom. The molecule has 5 nitrogen and oxygen atoms in total. The molecular weight excluding hydrogens is 312 g/mol. The van der Waals surface area contributed by atoms with Crippen molar-refractivity contribution in [3.63, 3.8) is 0 Å². The van der Waals surface area contributed by atoms with E-state index in [0.717, 1.165) is 23.2 Å². The van der Waals surface area contributed by atoms with Gasteiger partial charge in [-0.1, -0.05) is 36.4 Å². The maximum atomic E-state index is 12.0. The number of hydrogen-bond donors (Lipinski definition) is 2. The molecule has 2 N–H and O–H groups in total. The van der Waals surface area contributed by atoms with E-state index in [2.05, 4.69) is 32.7 Å². The Labute approximate surface area is 147 Å². The molecule has 0 aliphatic rings. The molecule has 0 unspecified atom stereocenters. The Morgan fingerprint density at radius 1 is 0.880 bits per heavy atom. The van der Waals surface area contributed by atoms with Crippen molar-refractivity contribution in [2.24, 2.45) is 0 Å². The van der Waals surface area contributed by atoms with Gasteiger partial charge in [0, 0.05) is 37.2 Å². The first kappa shape index (κ1) is 16.6. The molecule has 0 aliphatic carbocycles. The van der Waals surface area contributed by atoms with Crippen LogP contribution in [0.3, 0.4) is 0 Å². The van der Waals surface area contributed by atoms with Gasteiger partial charge in [-0.3, -0.25) is 9.97 Å². The molecule has 2 aromatic heterocycles. The molecule has 25 heavy (non-hydrogen) atoms. The third-order valence-corrected chi connectivity index (χ3v) is 3.83. The van der Waals surface area contributed by atoms with Crippen molar-refractivity contribution in [1.29, 1.82) is 0 Å². The predicted octanol–water partition coefficient (Wildman–Crippen LogP) is 3.19. The van der Waals surface area contributed by atoms with Gasteiger partial charge in [0.1, 0.15) is 0 Å². The highest BCUT2D eigenvalue weighted by molar-refractivity contribution is 5.74. The lowest BCUT2D eigenvalue weighted by Gasteiger charge is -2.11. The molecule has 0 saturated heterocycles. The monoisotopic (exact) mass is 332 g/mol. The van der Waals surface area contributed by atoms with E-state index in [0.29, 0.717) is 13.1 Å². The van der Waals surface area contributed by atoms with E-state index >= 15 is 0 Å². The zero-order valence-corrected chi connectivity index (χ0v) is 13.9. The Morgan fingerprint density at radius 2 is 1.68 bits per heavy atom. The largest absolute Gasteiger partial charge is 0.338 e. The highest BCUT2D eigenvalue weighted by Crippen LogP contribution is 2.19. The van der Waals surface area contributed by atoms with Crippen LogP contribution >= 0.6 is 0 Å².